The molecule has 0 bridgehead atoms. The first kappa shape index (κ1) is 14.9. The first-order valence-electron chi connectivity index (χ1n) is 6.21. The van der Waals surface area contributed by atoms with Gasteiger partial charge in [-0.1, -0.05) is 42.1 Å². The van der Waals surface area contributed by atoms with Gasteiger partial charge in [-0.25, -0.2) is 9.59 Å². The Labute approximate surface area is 126 Å². The number of anilines is 1. The van der Waals surface area contributed by atoms with Gasteiger partial charge >= 0.3 is 12.0 Å². The third-order valence-corrected chi connectivity index (χ3v) is 4.05. The van der Waals surface area contributed by atoms with Gasteiger partial charge in [0.1, 0.15) is 5.54 Å². The quantitative estimate of drug-likeness (QED) is 0.798. The molecule has 0 aliphatic heterocycles. The maximum absolute atomic E-state index is 12.0. The molecule has 1 aromatic carbocycles. The van der Waals surface area contributed by atoms with E-state index in [1.165, 1.54) is 0 Å². The van der Waals surface area contributed by atoms with Crippen LogP contribution in [0.15, 0.2) is 18.2 Å². The van der Waals surface area contributed by atoms with Crippen LogP contribution in [0.5, 0.6) is 0 Å². The Morgan fingerprint density at radius 2 is 1.70 bits per heavy atom. The van der Waals surface area contributed by atoms with E-state index in [1.807, 2.05) is 0 Å². The summed E-state index contributed by atoms with van der Waals surface area (Å²) in [5.74, 6) is -1.02. The fourth-order valence-corrected chi connectivity index (χ4v) is 2.84. The molecule has 1 aromatic rings. The zero-order valence-corrected chi connectivity index (χ0v) is 12.1. The molecule has 0 saturated heterocycles. The fourth-order valence-electron chi connectivity index (χ4n) is 2.35. The monoisotopic (exact) mass is 316 g/mol. The Balaban J connectivity index is 2.11. The number of carbonyl (C=O) groups is 2. The van der Waals surface area contributed by atoms with Gasteiger partial charge in [-0.3, -0.25) is 0 Å². The molecule has 1 saturated carbocycles. The summed E-state index contributed by atoms with van der Waals surface area (Å²) >= 11 is 11.9. The minimum atomic E-state index is -1.20. The second-order valence-electron chi connectivity index (χ2n) is 4.77. The van der Waals surface area contributed by atoms with Crippen molar-refractivity contribution in [3.63, 3.8) is 0 Å². The normalized spacial score (nSPS) is 16.7. The Hall–Kier alpha value is -1.46. The fraction of sp³-hybridized carbons (Fsp3) is 0.385. The number of halogens is 2. The second-order valence-corrected chi connectivity index (χ2v) is 5.58. The molecule has 0 spiro atoms. The molecular formula is C13H14Cl2N2O3. The van der Waals surface area contributed by atoms with Gasteiger partial charge in [-0.15, -0.1) is 0 Å². The van der Waals surface area contributed by atoms with Crippen molar-refractivity contribution in [2.24, 2.45) is 0 Å². The molecular weight excluding hydrogens is 303 g/mol. The number of carboxylic acid groups (broad SMARTS) is 1. The van der Waals surface area contributed by atoms with Crippen LogP contribution >= 0.6 is 23.2 Å². The largest absolute Gasteiger partial charge is 0.480 e. The average molecular weight is 317 g/mol. The molecule has 2 amide bonds. The minimum Gasteiger partial charge on any atom is -0.480 e. The van der Waals surface area contributed by atoms with Crippen molar-refractivity contribution in [2.45, 2.75) is 31.2 Å². The van der Waals surface area contributed by atoms with E-state index in [2.05, 4.69) is 10.6 Å². The van der Waals surface area contributed by atoms with Crippen molar-refractivity contribution >= 4 is 40.9 Å². The molecule has 1 fully saturated rings. The molecule has 0 unspecified atom stereocenters. The highest BCUT2D eigenvalue weighted by Gasteiger charge is 2.42. The van der Waals surface area contributed by atoms with Crippen LogP contribution in [-0.2, 0) is 4.79 Å². The summed E-state index contributed by atoms with van der Waals surface area (Å²) < 4.78 is 0. The van der Waals surface area contributed by atoms with Crippen molar-refractivity contribution in [3.05, 3.63) is 28.2 Å². The van der Waals surface area contributed by atoms with Gasteiger partial charge in [0.05, 0.1) is 15.7 Å². The first-order valence-corrected chi connectivity index (χ1v) is 6.97. The summed E-state index contributed by atoms with van der Waals surface area (Å²) in [6.45, 7) is 0. The number of carboxylic acids is 1. The molecule has 7 heteroatoms. The highest BCUT2D eigenvalue weighted by molar-refractivity contribution is 6.39. The van der Waals surface area contributed by atoms with Crippen LogP contribution in [0.25, 0.3) is 0 Å². The van der Waals surface area contributed by atoms with E-state index in [-0.39, 0.29) is 5.69 Å². The molecule has 20 heavy (non-hydrogen) atoms. The zero-order valence-electron chi connectivity index (χ0n) is 10.6. The summed E-state index contributed by atoms with van der Waals surface area (Å²) in [5, 5.41) is 14.9. The number of benzene rings is 1. The van der Waals surface area contributed by atoms with Crippen molar-refractivity contribution < 1.29 is 14.7 Å². The number of aliphatic carboxylic acids is 1. The summed E-state index contributed by atoms with van der Waals surface area (Å²) in [4.78, 5) is 23.3. The van der Waals surface area contributed by atoms with Gasteiger partial charge in [-0.05, 0) is 25.0 Å². The number of urea groups is 1. The molecule has 0 atom stereocenters. The summed E-state index contributed by atoms with van der Waals surface area (Å²) in [6.07, 6.45) is 2.40. The van der Waals surface area contributed by atoms with Gasteiger partial charge in [0.15, 0.2) is 0 Å². The Bertz CT molecular complexity index is 522. The van der Waals surface area contributed by atoms with Gasteiger partial charge < -0.3 is 15.7 Å². The van der Waals surface area contributed by atoms with Gasteiger partial charge in [0.2, 0.25) is 0 Å². The topological polar surface area (TPSA) is 78.4 Å². The van der Waals surface area contributed by atoms with Crippen LogP contribution in [0.3, 0.4) is 0 Å². The number of amides is 2. The van der Waals surface area contributed by atoms with E-state index in [1.54, 1.807) is 18.2 Å². The van der Waals surface area contributed by atoms with E-state index in [0.29, 0.717) is 22.9 Å². The maximum atomic E-state index is 12.0. The standard InChI is InChI=1S/C13H14Cl2N2O3/c14-8-4-3-5-9(15)10(8)16-12(20)17-13(11(18)19)6-1-2-7-13/h3-5H,1-2,6-7H2,(H,18,19)(H2,16,17,20). The van der Waals surface area contributed by atoms with E-state index >= 15 is 0 Å². The Morgan fingerprint density at radius 3 is 2.20 bits per heavy atom. The summed E-state index contributed by atoms with van der Waals surface area (Å²) in [6, 6.07) is 4.21. The SMILES string of the molecule is O=C(Nc1c(Cl)cccc1Cl)NC1(C(=O)O)CCCC1. The van der Waals surface area contributed by atoms with Crippen molar-refractivity contribution in [1.82, 2.24) is 5.32 Å². The van der Waals surface area contributed by atoms with Crippen LogP contribution in [0.2, 0.25) is 10.0 Å². The maximum Gasteiger partial charge on any atom is 0.329 e. The second kappa shape index (κ2) is 5.89. The summed E-state index contributed by atoms with van der Waals surface area (Å²) in [5.41, 5.74) is -0.926. The van der Waals surface area contributed by atoms with Crippen LogP contribution < -0.4 is 10.6 Å². The lowest BCUT2D eigenvalue weighted by Gasteiger charge is -2.25. The molecule has 0 aromatic heterocycles. The smallest absolute Gasteiger partial charge is 0.329 e. The van der Waals surface area contributed by atoms with Crippen LogP contribution in [0, 0.1) is 0 Å². The Kier molecular flexibility index (Phi) is 4.40. The molecule has 0 radical (unpaired) electrons. The Morgan fingerprint density at radius 1 is 1.15 bits per heavy atom. The number of nitrogens with one attached hydrogen (secondary N) is 2. The molecule has 5 nitrogen and oxygen atoms in total. The van der Waals surface area contributed by atoms with E-state index in [9.17, 15) is 14.7 Å². The molecule has 0 heterocycles. The van der Waals surface area contributed by atoms with Crippen LogP contribution in [0.4, 0.5) is 10.5 Å². The predicted molar refractivity (Wildman–Crippen MR) is 77.5 cm³/mol. The number of carbonyl (C=O) groups excluding carboxylic acids is 1. The van der Waals surface area contributed by atoms with Crippen molar-refractivity contribution in [1.29, 1.82) is 0 Å². The van der Waals surface area contributed by atoms with Gasteiger partial charge in [0, 0.05) is 0 Å². The van der Waals surface area contributed by atoms with Crippen LogP contribution in [-0.4, -0.2) is 22.6 Å². The van der Waals surface area contributed by atoms with Gasteiger partial charge in [-0.2, -0.15) is 0 Å². The van der Waals surface area contributed by atoms with Gasteiger partial charge in [0.25, 0.3) is 0 Å². The highest BCUT2D eigenvalue weighted by atomic mass is 35.5. The number of hydrogen-bond acceptors (Lipinski definition) is 2. The van der Waals surface area contributed by atoms with E-state index < -0.39 is 17.5 Å². The molecule has 1 aliphatic rings. The minimum absolute atomic E-state index is 0.270. The van der Waals surface area contributed by atoms with E-state index in [0.717, 1.165) is 12.8 Å². The number of rotatable bonds is 3. The molecule has 3 N–H and O–H groups in total. The number of hydrogen-bond donors (Lipinski definition) is 3. The van der Waals surface area contributed by atoms with Crippen molar-refractivity contribution in [3.8, 4) is 0 Å². The average Bonchev–Trinajstić information content (AvgIpc) is 2.84. The zero-order chi connectivity index (χ0) is 14.8. The van der Waals surface area contributed by atoms with E-state index in [4.69, 9.17) is 23.2 Å². The third-order valence-electron chi connectivity index (χ3n) is 3.42. The highest BCUT2D eigenvalue weighted by Crippen LogP contribution is 2.32. The van der Waals surface area contributed by atoms with Crippen LogP contribution in [0.1, 0.15) is 25.7 Å². The lowest BCUT2D eigenvalue weighted by molar-refractivity contribution is -0.144. The summed E-state index contributed by atoms with van der Waals surface area (Å²) in [7, 11) is 0. The molecule has 2 rings (SSSR count). The molecule has 108 valence electrons. The van der Waals surface area contributed by atoms with Crippen molar-refractivity contribution in [2.75, 3.05) is 5.32 Å². The first-order chi connectivity index (χ1) is 9.44. The lowest BCUT2D eigenvalue weighted by atomic mass is 9.98. The number of para-hydroxylation sites is 1. The lowest BCUT2D eigenvalue weighted by Crippen LogP contribution is -2.53. The predicted octanol–water partition coefficient (Wildman–Crippen LogP) is 3.51. The molecule has 1 aliphatic carbocycles. The third kappa shape index (κ3) is 2.99.